The van der Waals surface area contributed by atoms with Crippen molar-refractivity contribution in [3.05, 3.63) is 84.4 Å². The van der Waals surface area contributed by atoms with Gasteiger partial charge in [0.15, 0.2) is 0 Å². The number of amides is 2. The van der Waals surface area contributed by atoms with Crippen molar-refractivity contribution < 1.29 is 27.5 Å². The molecule has 40 heavy (non-hydrogen) atoms. The molecular weight excluding hydrogens is 530 g/mol. The summed E-state index contributed by atoms with van der Waals surface area (Å²) >= 11 is 0. The fourth-order valence-corrected chi connectivity index (χ4v) is 5.77. The fraction of sp³-hybridized carbons (Fsp3) is 0.333. The van der Waals surface area contributed by atoms with Crippen molar-refractivity contribution in [2.45, 2.75) is 44.2 Å². The van der Waals surface area contributed by atoms with Crippen molar-refractivity contribution >= 4 is 27.5 Å². The average molecular weight is 568 g/mol. The van der Waals surface area contributed by atoms with Crippen molar-refractivity contribution in [2.75, 3.05) is 31.6 Å². The van der Waals surface area contributed by atoms with Crippen molar-refractivity contribution in [1.29, 1.82) is 0 Å². The summed E-state index contributed by atoms with van der Waals surface area (Å²) < 4.78 is 39.7. The van der Waals surface area contributed by atoms with E-state index in [0.717, 1.165) is 16.3 Å². The molecule has 2 amide bonds. The van der Waals surface area contributed by atoms with Crippen LogP contribution in [0.2, 0.25) is 0 Å². The van der Waals surface area contributed by atoms with E-state index in [9.17, 15) is 18.0 Å². The van der Waals surface area contributed by atoms with Crippen LogP contribution in [0, 0.1) is 0 Å². The number of anilines is 1. The van der Waals surface area contributed by atoms with Gasteiger partial charge in [-0.3, -0.25) is 13.9 Å². The van der Waals surface area contributed by atoms with Crippen LogP contribution in [-0.2, 0) is 26.2 Å². The van der Waals surface area contributed by atoms with Gasteiger partial charge in [-0.25, -0.2) is 8.42 Å². The number of carbonyl (C=O) groups is 2. The maximum Gasteiger partial charge on any atom is 0.264 e. The van der Waals surface area contributed by atoms with Crippen molar-refractivity contribution in [2.24, 2.45) is 0 Å². The van der Waals surface area contributed by atoms with E-state index in [2.05, 4.69) is 5.32 Å². The van der Waals surface area contributed by atoms with Crippen molar-refractivity contribution in [3.8, 4) is 11.5 Å². The lowest BCUT2D eigenvalue weighted by molar-refractivity contribution is -0.140. The van der Waals surface area contributed by atoms with E-state index in [0.29, 0.717) is 24.5 Å². The lowest BCUT2D eigenvalue weighted by atomic mass is 10.1. The molecule has 0 unspecified atom stereocenters. The van der Waals surface area contributed by atoms with E-state index < -0.39 is 28.5 Å². The first kappa shape index (κ1) is 30.5. The zero-order chi connectivity index (χ0) is 29.1. The molecule has 0 fully saturated rings. The number of rotatable bonds is 14. The van der Waals surface area contributed by atoms with Gasteiger partial charge in [0, 0.05) is 13.1 Å². The van der Waals surface area contributed by atoms with E-state index in [1.54, 1.807) is 67.8 Å². The van der Waals surface area contributed by atoms with Gasteiger partial charge in [0.2, 0.25) is 11.8 Å². The Balaban J connectivity index is 2.08. The van der Waals surface area contributed by atoms with E-state index >= 15 is 0 Å². The molecule has 0 radical (unpaired) electrons. The summed E-state index contributed by atoms with van der Waals surface area (Å²) in [5.41, 5.74) is 0.955. The summed E-state index contributed by atoms with van der Waals surface area (Å²) in [6.45, 7) is 3.77. The van der Waals surface area contributed by atoms with Crippen LogP contribution >= 0.6 is 0 Å². The van der Waals surface area contributed by atoms with Crippen LogP contribution in [0.25, 0.3) is 0 Å². The number of hydrogen-bond acceptors (Lipinski definition) is 6. The summed E-state index contributed by atoms with van der Waals surface area (Å²) in [7, 11) is -1.19. The highest BCUT2D eigenvalue weighted by Gasteiger charge is 2.34. The highest BCUT2D eigenvalue weighted by atomic mass is 32.2. The molecule has 3 rings (SSSR count). The molecule has 0 aliphatic carbocycles. The minimum absolute atomic E-state index is 0.0285. The highest BCUT2D eigenvalue weighted by molar-refractivity contribution is 7.92. The summed E-state index contributed by atoms with van der Waals surface area (Å²) in [6, 6.07) is 20.9. The van der Waals surface area contributed by atoms with Gasteiger partial charge in [-0.05, 0) is 54.8 Å². The van der Waals surface area contributed by atoms with E-state index in [-0.39, 0.29) is 23.0 Å². The Bertz CT molecular complexity index is 1380. The fourth-order valence-electron chi connectivity index (χ4n) is 4.32. The summed E-state index contributed by atoms with van der Waals surface area (Å²) in [4.78, 5) is 28.8. The van der Waals surface area contributed by atoms with Crippen LogP contribution in [-0.4, -0.2) is 58.5 Å². The third-order valence-corrected chi connectivity index (χ3v) is 8.16. The Kier molecular flexibility index (Phi) is 11.0. The summed E-state index contributed by atoms with van der Waals surface area (Å²) in [6.07, 6.45) is 1.08. The highest BCUT2D eigenvalue weighted by Crippen LogP contribution is 2.32. The molecule has 3 aromatic rings. The van der Waals surface area contributed by atoms with E-state index in [1.165, 1.54) is 24.1 Å². The minimum atomic E-state index is -4.18. The molecule has 0 aliphatic rings. The second kappa shape index (κ2) is 14.4. The Morgan fingerprint density at radius 3 is 2.25 bits per heavy atom. The first-order valence-electron chi connectivity index (χ1n) is 13.2. The number of nitrogens with one attached hydrogen (secondary N) is 1. The normalized spacial score (nSPS) is 11.8. The zero-order valence-corrected chi connectivity index (χ0v) is 24.2. The number of benzene rings is 3. The quantitative estimate of drug-likeness (QED) is 0.313. The molecule has 10 heteroatoms. The van der Waals surface area contributed by atoms with Gasteiger partial charge in [0.25, 0.3) is 10.0 Å². The number of nitrogens with zero attached hydrogens (tertiary/aromatic N) is 2. The second-order valence-electron chi connectivity index (χ2n) is 9.08. The predicted octanol–water partition coefficient (Wildman–Crippen LogP) is 4.23. The molecule has 0 aromatic heterocycles. The number of para-hydroxylation sites is 2. The van der Waals surface area contributed by atoms with Gasteiger partial charge in [-0.2, -0.15) is 0 Å². The number of ether oxygens (including phenoxy) is 2. The Morgan fingerprint density at radius 2 is 1.60 bits per heavy atom. The lowest BCUT2D eigenvalue weighted by Crippen LogP contribution is -2.52. The van der Waals surface area contributed by atoms with Gasteiger partial charge in [-0.1, -0.05) is 56.3 Å². The lowest BCUT2D eigenvalue weighted by Gasteiger charge is -2.33. The summed E-state index contributed by atoms with van der Waals surface area (Å²) in [5, 5.41) is 2.88. The Hall–Kier alpha value is -4.05. The minimum Gasteiger partial charge on any atom is -0.497 e. The maximum absolute atomic E-state index is 14.1. The maximum atomic E-state index is 14.1. The number of sulfonamides is 1. The zero-order valence-electron chi connectivity index (χ0n) is 23.4. The first-order chi connectivity index (χ1) is 19.3. The van der Waals surface area contributed by atoms with Crippen LogP contribution in [0.3, 0.4) is 0 Å². The Morgan fingerprint density at radius 1 is 0.900 bits per heavy atom. The second-order valence-corrected chi connectivity index (χ2v) is 10.9. The molecule has 0 bridgehead atoms. The first-order valence-corrected chi connectivity index (χ1v) is 14.6. The molecule has 214 valence electrons. The molecule has 1 N–H and O–H groups in total. The van der Waals surface area contributed by atoms with Gasteiger partial charge >= 0.3 is 0 Å². The SMILES string of the molecule is CCCNC(=O)[C@@H](CC)N(Cc1cccc(OC)c1)C(=O)CN(c1ccccc1OC)S(=O)(=O)c1ccccc1. The molecule has 0 saturated heterocycles. The number of methoxy groups -OCH3 is 2. The van der Waals surface area contributed by atoms with Crippen LogP contribution in [0.4, 0.5) is 5.69 Å². The standard InChI is InChI=1S/C30H37N3O6S/c1-5-19-31-30(35)26(6-2)32(21-23-13-12-14-24(20-23)38-3)29(34)22-33(27-17-10-11-18-28(27)39-4)40(36,37)25-15-8-7-9-16-25/h7-18,20,26H,5-6,19,21-22H2,1-4H3,(H,31,35)/t26-/m1/s1. The van der Waals surface area contributed by atoms with Gasteiger partial charge in [-0.15, -0.1) is 0 Å². The number of carbonyl (C=O) groups excluding carboxylic acids is 2. The van der Waals surface area contributed by atoms with Crippen molar-refractivity contribution in [3.63, 3.8) is 0 Å². The summed E-state index contributed by atoms with van der Waals surface area (Å²) in [5.74, 6) is 0.0691. The molecule has 9 nitrogen and oxygen atoms in total. The smallest absolute Gasteiger partial charge is 0.264 e. The largest absolute Gasteiger partial charge is 0.497 e. The molecule has 1 atom stereocenters. The van der Waals surface area contributed by atoms with Crippen molar-refractivity contribution in [1.82, 2.24) is 10.2 Å². The van der Waals surface area contributed by atoms with Crippen LogP contribution in [0.15, 0.2) is 83.8 Å². The Labute approximate surface area is 236 Å². The van der Waals surface area contributed by atoms with Crippen LogP contribution in [0.1, 0.15) is 32.3 Å². The molecule has 0 aliphatic heterocycles. The van der Waals surface area contributed by atoms with Crippen LogP contribution in [0.5, 0.6) is 11.5 Å². The van der Waals surface area contributed by atoms with Gasteiger partial charge in [0.1, 0.15) is 24.1 Å². The molecule has 0 spiro atoms. The molecule has 0 heterocycles. The van der Waals surface area contributed by atoms with E-state index in [1.807, 2.05) is 19.9 Å². The van der Waals surface area contributed by atoms with Gasteiger partial charge in [0.05, 0.1) is 24.8 Å². The predicted molar refractivity (Wildman–Crippen MR) is 155 cm³/mol. The van der Waals surface area contributed by atoms with Gasteiger partial charge < -0.3 is 19.7 Å². The molecule has 0 saturated carbocycles. The third-order valence-electron chi connectivity index (χ3n) is 6.39. The van der Waals surface area contributed by atoms with Crippen LogP contribution < -0.4 is 19.1 Å². The number of hydrogen-bond donors (Lipinski definition) is 1. The average Bonchev–Trinajstić information content (AvgIpc) is 2.98. The molecular formula is C30H37N3O6S. The topological polar surface area (TPSA) is 105 Å². The monoisotopic (exact) mass is 567 g/mol. The van der Waals surface area contributed by atoms with E-state index in [4.69, 9.17) is 9.47 Å². The molecule has 3 aromatic carbocycles. The third kappa shape index (κ3) is 7.32.